The monoisotopic (exact) mass is 355 g/mol. The maximum atomic E-state index is 12.1. The van der Waals surface area contributed by atoms with E-state index in [9.17, 15) is 8.42 Å². The van der Waals surface area contributed by atoms with Gasteiger partial charge in [-0.15, -0.1) is 0 Å². The summed E-state index contributed by atoms with van der Waals surface area (Å²) in [5, 5.41) is 6.50. The molecule has 0 amide bonds. The molecular formula is C16H29N5O2S. The maximum absolute atomic E-state index is 12.1. The van der Waals surface area contributed by atoms with E-state index in [2.05, 4.69) is 27.3 Å². The van der Waals surface area contributed by atoms with Crippen molar-refractivity contribution in [2.24, 2.45) is 17.5 Å². The Kier molecular flexibility index (Phi) is 6.28. The molecule has 1 aromatic rings. The van der Waals surface area contributed by atoms with E-state index in [1.807, 2.05) is 0 Å². The first kappa shape index (κ1) is 18.8. The van der Waals surface area contributed by atoms with E-state index < -0.39 is 10.0 Å². The first-order chi connectivity index (χ1) is 11.4. The van der Waals surface area contributed by atoms with Gasteiger partial charge < -0.3 is 15.2 Å². The molecule has 0 aliphatic heterocycles. The van der Waals surface area contributed by atoms with Crippen LogP contribution in [0.4, 0.5) is 0 Å². The zero-order valence-corrected chi connectivity index (χ0v) is 15.6. The van der Waals surface area contributed by atoms with Crippen LogP contribution in [0.3, 0.4) is 0 Å². The number of nitrogens with zero attached hydrogens (tertiary/aromatic N) is 2. The average molecular weight is 356 g/mol. The summed E-state index contributed by atoms with van der Waals surface area (Å²) in [6.07, 6.45) is 8.31. The van der Waals surface area contributed by atoms with Gasteiger partial charge in [0.2, 0.25) is 10.0 Å². The van der Waals surface area contributed by atoms with Crippen molar-refractivity contribution in [3.05, 3.63) is 18.5 Å². The molecule has 0 saturated heterocycles. The van der Waals surface area contributed by atoms with Gasteiger partial charge in [0.1, 0.15) is 0 Å². The molecule has 8 heteroatoms. The minimum atomic E-state index is -3.45. The maximum Gasteiger partial charge on any atom is 0.242 e. The second-order valence-electron chi connectivity index (χ2n) is 6.47. The number of sulfonamides is 1. The number of guanidine groups is 1. The SMILES string of the molecule is CCC1(CNC(=NC)NCCNS(=O)(=O)c2ccn(C)c2)CCC1. The van der Waals surface area contributed by atoms with Crippen LogP contribution in [0, 0.1) is 5.41 Å². The van der Waals surface area contributed by atoms with Gasteiger partial charge >= 0.3 is 0 Å². The van der Waals surface area contributed by atoms with Crippen LogP contribution in [0.2, 0.25) is 0 Å². The molecule has 0 atom stereocenters. The van der Waals surface area contributed by atoms with Gasteiger partial charge in [-0.05, 0) is 30.7 Å². The first-order valence-electron chi connectivity index (χ1n) is 8.47. The molecule has 0 bridgehead atoms. The normalized spacial score (nSPS) is 17.4. The number of hydrogen-bond donors (Lipinski definition) is 3. The lowest BCUT2D eigenvalue weighted by molar-refractivity contribution is 0.131. The van der Waals surface area contributed by atoms with Crippen LogP contribution in [0.5, 0.6) is 0 Å². The van der Waals surface area contributed by atoms with E-state index >= 15 is 0 Å². The highest BCUT2D eigenvalue weighted by Gasteiger charge is 2.34. The smallest absolute Gasteiger partial charge is 0.242 e. The minimum Gasteiger partial charge on any atom is -0.356 e. The summed E-state index contributed by atoms with van der Waals surface area (Å²) >= 11 is 0. The highest BCUT2D eigenvalue weighted by molar-refractivity contribution is 7.89. The van der Waals surface area contributed by atoms with E-state index in [0.717, 1.165) is 6.54 Å². The third kappa shape index (κ3) is 4.73. The molecule has 1 fully saturated rings. The van der Waals surface area contributed by atoms with E-state index in [0.29, 0.717) is 24.5 Å². The van der Waals surface area contributed by atoms with Crippen molar-refractivity contribution >= 4 is 16.0 Å². The molecule has 1 aromatic heterocycles. The molecule has 0 aromatic carbocycles. The largest absolute Gasteiger partial charge is 0.356 e. The van der Waals surface area contributed by atoms with Crippen LogP contribution < -0.4 is 15.4 Å². The minimum absolute atomic E-state index is 0.280. The Bertz CT molecular complexity index is 656. The van der Waals surface area contributed by atoms with Crippen LogP contribution in [0.1, 0.15) is 32.6 Å². The average Bonchev–Trinajstić information content (AvgIpc) is 2.96. The Morgan fingerprint density at radius 3 is 2.58 bits per heavy atom. The van der Waals surface area contributed by atoms with Crippen molar-refractivity contribution in [3.63, 3.8) is 0 Å². The Morgan fingerprint density at radius 2 is 2.08 bits per heavy atom. The summed E-state index contributed by atoms with van der Waals surface area (Å²) < 4.78 is 28.5. The predicted molar refractivity (Wildman–Crippen MR) is 96.5 cm³/mol. The molecule has 1 aliphatic rings. The Labute approximate surface area is 145 Å². The van der Waals surface area contributed by atoms with Gasteiger partial charge in [0.05, 0.1) is 4.90 Å². The number of hydrogen-bond acceptors (Lipinski definition) is 3. The summed E-state index contributed by atoms with van der Waals surface area (Å²) in [7, 11) is 0.0686. The lowest BCUT2D eigenvalue weighted by atomic mass is 9.67. The van der Waals surface area contributed by atoms with Crippen LogP contribution in [0.25, 0.3) is 0 Å². The van der Waals surface area contributed by atoms with Gasteiger partial charge in [0.25, 0.3) is 0 Å². The number of nitrogens with one attached hydrogen (secondary N) is 3. The van der Waals surface area contributed by atoms with E-state index in [1.165, 1.54) is 25.7 Å². The lowest BCUT2D eigenvalue weighted by Crippen LogP contribution is -2.47. The number of aromatic nitrogens is 1. The van der Waals surface area contributed by atoms with Crippen molar-refractivity contribution in [2.75, 3.05) is 26.7 Å². The van der Waals surface area contributed by atoms with Crippen molar-refractivity contribution in [1.82, 2.24) is 19.9 Å². The molecule has 3 N–H and O–H groups in total. The molecule has 1 aliphatic carbocycles. The summed E-state index contributed by atoms with van der Waals surface area (Å²) in [4.78, 5) is 4.47. The second kappa shape index (κ2) is 8.02. The van der Waals surface area contributed by atoms with Crippen LogP contribution >= 0.6 is 0 Å². The second-order valence-corrected chi connectivity index (χ2v) is 8.24. The zero-order chi connectivity index (χ0) is 17.6. The van der Waals surface area contributed by atoms with E-state index in [-0.39, 0.29) is 4.90 Å². The molecule has 7 nitrogen and oxygen atoms in total. The molecule has 0 unspecified atom stereocenters. The fourth-order valence-electron chi connectivity index (χ4n) is 2.91. The van der Waals surface area contributed by atoms with Gasteiger partial charge in [-0.3, -0.25) is 4.99 Å². The number of rotatable bonds is 8. The number of aliphatic imine (C=N–C) groups is 1. The molecule has 24 heavy (non-hydrogen) atoms. The summed E-state index contributed by atoms with van der Waals surface area (Å²) in [6, 6.07) is 1.58. The fourth-order valence-corrected chi connectivity index (χ4v) is 3.99. The third-order valence-electron chi connectivity index (χ3n) is 4.84. The molecule has 0 radical (unpaired) electrons. The Morgan fingerprint density at radius 1 is 1.33 bits per heavy atom. The van der Waals surface area contributed by atoms with Crippen molar-refractivity contribution in [1.29, 1.82) is 0 Å². The zero-order valence-electron chi connectivity index (χ0n) is 14.8. The van der Waals surface area contributed by atoms with Gasteiger partial charge in [-0.25, -0.2) is 13.1 Å². The van der Waals surface area contributed by atoms with E-state index in [1.54, 1.807) is 37.1 Å². The third-order valence-corrected chi connectivity index (χ3v) is 6.29. The number of aryl methyl sites for hydroxylation is 1. The van der Waals surface area contributed by atoms with Gasteiger partial charge in [0, 0.05) is 46.1 Å². The molecule has 0 spiro atoms. The highest BCUT2D eigenvalue weighted by Crippen LogP contribution is 2.42. The molecule has 2 rings (SSSR count). The topological polar surface area (TPSA) is 87.5 Å². The van der Waals surface area contributed by atoms with Gasteiger partial charge in [-0.1, -0.05) is 13.3 Å². The molecule has 136 valence electrons. The summed E-state index contributed by atoms with van der Waals surface area (Å²) in [5.41, 5.74) is 0.409. The Hall–Kier alpha value is -1.54. The van der Waals surface area contributed by atoms with Crippen molar-refractivity contribution in [2.45, 2.75) is 37.5 Å². The van der Waals surface area contributed by atoms with Crippen LogP contribution in [-0.2, 0) is 17.1 Å². The molecule has 1 heterocycles. The predicted octanol–water partition coefficient (Wildman–Crippen LogP) is 1.05. The van der Waals surface area contributed by atoms with Crippen molar-refractivity contribution < 1.29 is 8.42 Å². The quantitative estimate of drug-likeness (QED) is 0.369. The van der Waals surface area contributed by atoms with Crippen LogP contribution in [-0.4, -0.2) is 45.6 Å². The standard InChI is InChI=1S/C16H29N5O2S/c1-4-16(7-5-8-16)13-19-15(17-2)18-9-10-20-24(22,23)14-6-11-21(3)12-14/h6,11-12,20H,4-5,7-10,13H2,1-3H3,(H2,17,18,19). The van der Waals surface area contributed by atoms with Crippen molar-refractivity contribution in [3.8, 4) is 0 Å². The highest BCUT2D eigenvalue weighted by atomic mass is 32.2. The summed E-state index contributed by atoms with van der Waals surface area (Å²) in [6.45, 7) is 3.93. The molecular weight excluding hydrogens is 326 g/mol. The first-order valence-corrected chi connectivity index (χ1v) is 9.95. The van der Waals surface area contributed by atoms with Gasteiger partial charge in [-0.2, -0.15) is 0 Å². The molecule has 1 saturated carbocycles. The van der Waals surface area contributed by atoms with E-state index in [4.69, 9.17) is 0 Å². The lowest BCUT2D eigenvalue weighted by Gasteiger charge is -2.41. The summed E-state index contributed by atoms with van der Waals surface area (Å²) in [5.74, 6) is 0.716. The van der Waals surface area contributed by atoms with Gasteiger partial charge in [0.15, 0.2) is 5.96 Å². The Balaban J connectivity index is 1.72. The fraction of sp³-hybridized carbons (Fsp3) is 0.688. The van der Waals surface area contributed by atoms with Crippen LogP contribution in [0.15, 0.2) is 28.3 Å².